The second-order valence-electron chi connectivity index (χ2n) is 5.13. The van der Waals surface area contributed by atoms with Gasteiger partial charge in [0.15, 0.2) is 0 Å². The molecule has 0 aliphatic carbocycles. The van der Waals surface area contributed by atoms with E-state index in [4.69, 9.17) is 0 Å². The van der Waals surface area contributed by atoms with Gasteiger partial charge in [-0.3, -0.25) is 0 Å². The normalized spacial score (nSPS) is 12.4. The van der Waals surface area contributed by atoms with Crippen LogP contribution >= 0.6 is 15.9 Å². The highest BCUT2D eigenvalue weighted by atomic mass is 79.9. The maximum absolute atomic E-state index is 9.65. The third-order valence-corrected chi connectivity index (χ3v) is 3.80. The molecule has 0 aliphatic heterocycles. The van der Waals surface area contributed by atoms with Crippen molar-refractivity contribution in [1.29, 1.82) is 0 Å². The summed E-state index contributed by atoms with van der Waals surface area (Å²) in [6.45, 7) is 4.40. The molecule has 0 amide bonds. The van der Waals surface area contributed by atoms with Crippen LogP contribution < -0.4 is 0 Å². The Kier molecular flexibility index (Phi) is 4.78. The Hall–Kier alpha value is -1.12. The molecule has 0 spiro atoms. The highest BCUT2D eigenvalue weighted by molar-refractivity contribution is 9.10. The van der Waals surface area contributed by atoms with Crippen molar-refractivity contribution in [1.82, 2.24) is 0 Å². The van der Waals surface area contributed by atoms with Gasteiger partial charge in [-0.2, -0.15) is 0 Å². The molecule has 1 N–H and O–H groups in total. The van der Waals surface area contributed by atoms with Crippen LogP contribution in [-0.2, 0) is 6.42 Å². The van der Waals surface area contributed by atoms with Crippen LogP contribution in [0.4, 0.5) is 0 Å². The summed E-state index contributed by atoms with van der Waals surface area (Å²) in [6, 6.07) is 14.8. The number of aryl methyl sites for hydroxylation is 2. The van der Waals surface area contributed by atoms with Gasteiger partial charge in [0.05, 0.1) is 6.61 Å². The van der Waals surface area contributed by atoms with Crippen molar-refractivity contribution in [3.05, 3.63) is 69.2 Å². The molecule has 1 nitrogen and oxygen atoms in total. The number of aliphatic hydroxyl groups is 1. The van der Waals surface area contributed by atoms with Crippen molar-refractivity contribution in [2.75, 3.05) is 6.61 Å². The molecule has 100 valence electrons. The molecule has 0 heterocycles. The Labute approximate surface area is 123 Å². The van der Waals surface area contributed by atoms with Crippen molar-refractivity contribution < 1.29 is 5.11 Å². The molecule has 0 saturated heterocycles. The third-order valence-electron chi connectivity index (χ3n) is 3.30. The molecular weight excluding hydrogens is 300 g/mol. The molecule has 0 radical (unpaired) electrons. The van der Waals surface area contributed by atoms with E-state index >= 15 is 0 Å². The van der Waals surface area contributed by atoms with Gasteiger partial charge in [0.2, 0.25) is 0 Å². The van der Waals surface area contributed by atoms with Gasteiger partial charge in [0.25, 0.3) is 0 Å². The molecule has 0 bridgehead atoms. The quantitative estimate of drug-likeness (QED) is 0.886. The van der Waals surface area contributed by atoms with Crippen molar-refractivity contribution in [2.24, 2.45) is 0 Å². The molecule has 2 aromatic carbocycles. The first-order chi connectivity index (χ1) is 9.08. The second-order valence-corrected chi connectivity index (χ2v) is 6.05. The Balaban J connectivity index is 2.23. The average molecular weight is 319 g/mol. The number of rotatable bonds is 4. The smallest absolute Gasteiger partial charge is 0.0502 e. The summed E-state index contributed by atoms with van der Waals surface area (Å²) >= 11 is 3.49. The summed E-state index contributed by atoms with van der Waals surface area (Å²) < 4.78 is 1.06. The fourth-order valence-corrected chi connectivity index (χ4v) is 2.94. The molecule has 0 fully saturated rings. The fourth-order valence-electron chi connectivity index (χ4n) is 2.52. The van der Waals surface area contributed by atoms with E-state index in [0.717, 1.165) is 10.9 Å². The number of halogens is 1. The highest BCUT2D eigenvalue weighted by Crippen LogP contribution is 2.24. The Morgan fingerprint density at radius 1 is 1.05 bits per heavy atom. The van der Waals surface area contributed by atoms with E-state index in [1.165, 1.54) is 22.3 Å². The van der Waals surface area contributed by atoms with Crippen LogP contribution in [0.1, 0.15) is 28.2 Å². The summed E-state index contributed by atoms with van der Waals surface area (Å²) in [5, 5.41) is 9.65. The lowest BCUT2D eigenvalue weighted by Crippen LogP contribution is -2.08. The maximum Gasteiger partial charge on any atom is 0.0502 e. The minimum absolute atomic E-state index is 0.152. The van der Waals surface area contributed by atoms with Gasteiger partial charge in [-0.15, -0.1) is 0 Å². The zero-order valence-electron chi connectivity index (χ0n) is 11.4. The van der Waals surface area contributed by atoms with E-state index in [1.54, 1.807) is 0 Å². The van der Waals surface area contributed by atoms with E-state index in [2.05, 4.69) is 60.1 Å². The zero-order valence-corrected chi connectivity index (χ0v) is 12.9. The fraction of sp³-hybridized carbons (Fsp3) is 0.294. The standard InChI is InChI=1S/C17H19BrO/c1-12-6-13(2)8-14(7-12)9-16(11-19)15-4-3-5-17(18)10-15/h3-8,10,16,19H,9,11H2,1-2H3. The summed E-state index contributed by atoms with van der Waals surface area (Å²) in [5.74, 6) is 0.152. The lowest BCUT2D eigenvalue weighted by molar-refractivity contribution is 0.264. The second kappa shape index (κ2) is 6.36. The number of hydrogen-bond donors (Lipinski definition) is 1. The lowest BCUT2D eigenvalue weighted by Gasteiger charge is -2.16. The van der Waals surface area contributed by atoms with Crippen LogP contribution in [0.2, 0.25) is 0 Å². The number of hydrogen-bond acceptors (Lipinski definition) is 1. The van der Waals surface area contributed by atoms with Gasteiger partial charge >= 0.3 is 0 Å². The largest absolute Gasteiger partial charge is 0.396 e. The Morgan fingerprint density at radius 3 is 2.32 bits per heavy atom. The van der Waals surface area contributed by atoms with Crippen molar-refractivity contribution in [3.8, 4) is 0 Å². The van der Waals surface area contributed by atoms with Gasteiger partial charge in [0, 0.05) is 10.4 Å². The summed E-state index contributed by atoms with van der Waals surface area (Å²) in [6.07, 6.45) is 0.871. The predicted molar refractivity (Wildman–Crippen MR) is 83.6 cm³/mol. The molecule has 0 aliphatic rings. The van der Waals surface area contributed by atoms with Gasteiger partial charge in [0.1, 0.15) is 0 Å². The van der Waals surface area contributed by atoms with Crippen molar-refractivity contribution in [2.45, 2.75) is 26.2 Å². The van der Waals surface area contributed by atoms with Gasteiger partial charge in [-0.05, 0) is 43.5 Å². The first-order valence-corrected chi connectivity index (χ1v) is 7.31. The topological polar surface area (TPSA) is 20.2 Å². The average Bonchev–Trinajstić information content (AvgIpc) is 2.34. The zero-order chi connectivity index (χ0) is 13.8. The van der Waals surface area contributed by atoms with Crippen LogP contribution in [0.5, 0.6) is 0 Å². The van der Waals surface area contributed by atoms with Crippen molar-refractivity contribution in [3.63, 3.8) is 0 Å². The van der Waals surface area contributed by atoms with E-state index in [0.29, 0.717) is 0 Å². The maximum atomic E-state index is 9.65. The van der Waals surface area contributed by atoms with E-state index < -0.39 is 0 Å². The van der Waals surface area contributed by atoms with Crippen molar-refractivity contribution >= 4 is 15.9 Å². The van der Waals surface area contributed by atoms with Crippen LogP contribution in [0.25, 0.3) is 0 Å². The van der Waals surface area contributed by atoms with Gasteiger partial charge in [-0.25, -0.2) is 0 Å². The molecule has 0 aromatic heterocycles. The monoisotopic (exact) mass is 318 g/mol. The molecule has 1 unspecified atom stereocenters. The molecule has 2 aromatic rings. The molecule has 0 saturated carbocycles. The SMILES string of the molecule is Cc1cc(C)cc(CC(CO)c2cccc(Br)c2)c1. The van der Waals surface area contributed by atoms with Gasteiger partial charge in [-0.1, -0.05) is 57.4 Å². The van der Waals surface area contributed by atoms with Gasteiger partial charge < -0.3 is 5.11 Å². The summed E-state index contributed by atoms with van der Waals surface area (Å²) in [5.41, 5.74) is 5.02. The van der Waals surface area contributed by atoms with Crippen LogP contribution in [0.3, 0.4) is 0 Å². The minimum atomic E-state index is 0.152. The minimum Gasteiger partial charge on any atom is -0.396 e. The van der Waals surface area contributed by atoms with Crippen LogP contribution in [-0.4, -0.2) is 11.7 Å². The first-order valence-electron chi connectivity index (χ1n) is 6.52. The first kappa shape index (κ1) is 14.3. The molecule has 2 heteroatoms. The Morgan fingerprint density at radius 2 is 1.74 bits per heavy atom. The molecule has 2 rings (SSSR count). The van der Waals surface area contributed by atoms with E-state index in [1.807, 2.05) is 12.1 Å². The molecular formula is C17H19BrO. The predicted octanol–water partition coefficient (Wildman–Crippen LogP) is 4.38. The number of benzene rings is 2. The summed E-state index contributed by atoms with van der Waals surface area (Å²) in [7, 11) is 0. The molecule has 19 heavy (non-hydrogen) atoms. The van der Waals surface area contributed by atoms with Crippen LogP contribution in [0.15, 0.2) is 46.9 Å². The molecule has 1 atom stereocenters. The number of aliphatic hydroxyl groups excluding tert-OH is 1. The third kappa shape index (κ3) is 3.92. The van der Waals surface area contributed by atoms with E-state index in [-0.39, 0.29) is 12.5 Å². The van der Waals surface area contributed by atoms with E-state index in [9.17, 15) is 5.11 Å². The highest BCUT2D eigenvalue weighted by Gasteiger charge is 2.12. The summed E-state index contributed by atoms with van der Waals surface area (Å²) in [4.78, 5) is 0. The Bertz CT molecular complexity index is 543. The van der Waals surface area contributed by atoms with Crippen LogP contribution in [0, 0.1) is 13.8 Å². The lowest BCUT2D eigenvalue weighted by atomic mass is 9.91.